The Kier molecular flexibility index (Phi) is 4.10. The van der Waals surface area contributed by atoms with Crippen LogP contribution in [0.5, 0.6) is 0 Å². The van der Waals surface area contributed by atoms with E-state index in [1.807, 2.05) is 6.82 Å². The van der Waals surface area contributed by atoms with Crippen LogP contribution < -0.4 is 0 Å². The van der Waals surface area contributed by atoms with E-state index in [4.69, 9.17) is 9.31 Å². The van der Waals surface area contributed by atoms with Crippen LogP contribution >= 0.6 is 0 Å². The Hall–Kier alpha value is -0.720. The lowest BCUT2D eigenvalue weighted by atomic mass is 9.53. The van der Waals surface area contributed by atoms with Crippen LogP contribution in [0.25, 0.3) is 0 Å². The fourth-order valence-corrected chi connectivity index (χ4v) is 3.07. The van der Waals surface area contributed by atoms with Gasteiger partial charge in [-0.2, -0.15) is 5.26 Å². The van der Waals surface area contributed by atoms with Gasteiger partial charge < -0.3 is 9.31 Å². The van der Waals surface area contributed by atoms with Gasteiger partial charge in [-0.15, -0.1) is 5.47 Å². The maximum atomic E-state index is 9.19. The van der Waals surface area contributed by atoms with Gasteiger partial charge in [0.15, 0.2) is 0 Å². The summed E-state index contributed by atoms with van der Waals surface area (Å²) in [6, 6.07) is 2.41. The molecule has 1 fully saturated rings. The first-order valence-corrected chi connectivity index (χ1v) is 7.49. The highest BCUT2D eigenvalue weighted by molar-refractivity contribution is 6.59. The second-order valence-corrected chi connectivity index (χ2v) is 7.02. The molecule has 0 aromatic carbocycles. The molecule has 2 atom stereocenters. The molecule has 107 valence electrons. The quantitative estimate of drug-likeness (QED) is 0.725. The lowest BCUT2D eigenvalue weighted by Crippen LogP contribution is -2.41. The summed E-state index contributed by atoms with van der Waals surface area (Å²) < 4.78 is 12.4. The third-order valence-electron chi connectivity index (χ3n) is 5.04. The number of nitrogens with zero attached hydrogens (tertiary/aromatic N) is 1. The van der Waals surface area contributed by atoms with E-state index in [2.05, 4.69) is 48.0 Å². The highest BCUT2D eigenvalue weighted by atomic mass is 16.7. The van der Waals surface area contributed by atoms with Gasteiger partial charge in [0.25, 0.3) is 0 Å². The van der Waals surface area contributed by atoms with Crippen LogP contribution in [0.3, 0.4) is 0 Å². The number of nitriles is 1. The van der Waals surface area contributed by atoms with Crippen molar-refractivity contribution in [3.63, 3.8) is 0 Å². The third-order valence-corrected chi connectivity index (χ3v) is 5.04. The van der Waals surface area contributed by atoms with E-state index in [1.165, 1.54) is 10.9 Å². The van der Waals surface area contributed by atoms with Crippen molar-refractivity contribution in [2.45, 2.75) is 65.5 Å². The molecule has 0 aromatic rings. The Morgan fingerprint density at radius 2 is 1.80 bits per heavy atom. The second kappa shape index (κ2) is 5.24. The minimum absolute atomic E-state index is 0.113. The number of hydrogen-bond donors (Lipinski definition) is 0. The molecule has 0 spiro atoms. The zero-order valence-corrected chi connectivity index (χ0v) is 13.5. The van der Waals surface area contributed by atoms with Crippen molar-refractivity contribution in [1.82, 2.24) is 0 Å². The summed E-state index contributed by atoms with van der Waals surface area (Å²) in [4.78, 5) is 0. The van der Waals surface area contributed by atoms with Crippen LogP contribution in [0.4, 0.5) is 0 Å². The van der Waals surface area contributed by atoms with Crippen LogP contribution in [0.2, 0.25) is 6.82 Å². The van der Waals surface area contributed by atoms with Crippen LogP contribution in [0.1, 0.15) is 47.5 Å². The van der Waals surface area contributed by atoms with Gasteiger partial charge >= 0.3 is 7.12 Å². The maximum absolute atomic E-state index is 9.19. The van der Waals surface area contributed by atoms with Crippen LogP contribution in [-0.2, 0) is 9.31 Å². The van der Waals surface area contributed by atoms with E-state index in [0.717, 1.165) is 12.8 Å². The molecule has 2 aliphatic rings. The lowest BCUT2D eigenvalue weighted by molar-refractivity contribution is 0.00578. The molecular formula is C15H24B2NO2. The van der Waals surface area contributed by atoms with Crippen molar-refractivity contribution in [2.75, 3.05) is 0 Å². The summed E-state index contributed by atoms with van der Waals surface area (Å²) in [6.45, 7) is 12.5. The largest absolute Gasteiger partial charge is 0.489 e. The molecular weight excluding hydrogens is 248 g/mol. The molecule has 0 N–H and O–H groups in total. The Morgan fingerprint density at radius 1 is 1.25 bits per heavy atom. The average Bonchev–Trinajstić information content (AvgIpc) is 2.56. The Labute approximate surface area is 124 Å². The van der Waals surface area contributed by atoms with Gasteiger partial charge in [0.2, 0.25) is 0 Å². The van der Waals surface area contributed by atoms with Crippen LogP contribution in [0.15, 0.2) is 10.9 Å². The summed E-state index contributed by atoms with van der Waals surface area (Å²) in [5.41, 5.74) is 1.84. The van der Waals surface area contributed by atoms with Crippen LogP contribution in [0, 0.1) is 23.2 Å². The second-order valence-electron chi connectivity index (χ2n) is 7.02. The average molecular weight is 272 g/mol. The van der Waals surface area contributed by atoms with Gasteiger partial charge in [-0.1, -0.05) is 13.7 Å². The lowest BCUT2D eigenvalue weighted by Gasteiger charge is -2.32. The highest BCUT2D eigenvalue weighted by Gasteiger charge is 2.53. The topological polar surface area (TPSA) is 42.2 Å². The first-order valence-electron chi connectivity index (χ1n) is 7.49. The van der Waals surface area contributed by atoms with Crippen molar-refractivity contribution in [3.05, 3.63) is 10.9 Å². The van der Waals surface area contributed by atoms with E-state index >= 15 is 0 Å². The molecule has 0 saturated carbocycles. The number of hydrogen-bond acceptors (Lipinski definition) is 3. The van der Waals surface area contributed by atoms with Gasteiger partial charge in [0, 0.05) is 5.92 Å². The van der Waals surface area contributed by atoms with E-state index in [9.17, 15) is 5.26 Å². The SMILES string of the molecule is C[B]C1=C(B2OC(C)(C)C(C)(C)O2)C(C)CC(C#N)C1. The van der Waals surface area contributed by atoms with E-state index in [-0.39, 0.29) is 24.2 Å². The molecule has 1 saturated heterocycles. The molecule has 5 heteroatoms. The van der Waals surface area contributed by atoms with Crippen molar-refractivity contribution in [3.8, 4) is 6.07 Å². The normalized spacial score (nSPS) is 32.1. The molecule has 0 aromatic heterocycles. The highest BCUT2D eigenvalue weighted by Crippen LogP contribution is 2.43. The zero-order valence-electron chi connectivity index (χ0n) is 13.5. The molecule has 2 unspecified atom stereocenters. The Morgan fingerprint density at radius 3 is 2.25 bits per heavy atom. The van der Waals surface area contributed by atoms with Gasteiger partial charge in [0.1, 0.15) is 7.28 Å². The molecule has 1 heterocycles. The van der Waals surface area contributed by atoms with E-state index in [0.29, 0.717) is 5.92 Å². The minimum Gasteiger partial charge on any atom is -0.400 e. The minimum atomic E-state index is -0.310. The van der Waals surface area contributed by atoms with Gasteiger partial charge in [0.05, 0.1) is 17.3 Å². The van der Waals surface area contributed by atoms with Crippen molar-refractivity contribution < 1.29 is 9.31 Å². The molecule has 3 nitrogen and oxygen atoms in total. The molecule has 0 bridgehead atoms. The van der Waals surface area contributed by atoms with Gasteiger partial charge in [-0.05, 0) is 51.9 Å². The van der Waals surface area contributed by atoms with Gasteiger partial charge in [-0.3, -0.25) is 0 Å². The van der Waals surface area contributed by atoms with Crippen LogP contribution in [-0.4, -0.2) is 25.6 Å². The van der Waals surface area contributed by atoms with Crippen molar-refractivity contribution in [1.29, 1.82) is 5.26 Å². The molecule has 20 heavy (non-hydrogen) atoms. The summed E-state index contributed by atoms with van der Waals surface area (Å²) >= 11 is 0. The van der Waals surface area contributed by atoms with Crippen molar-refractivity contribution >= 4 is 14.4 Å². The molecule has 1 aliphatic carbocycles. The molecule has 1 radical (unpaired) electrons. The smallest absolute Gasteiger partial charge is 0.400 e. The number of rotatable bonds is 2. The van der Waals surface area contributed by atoms with E-state index < -0.39 is 0 Å². The van der Waals surface area contributed by atoms with Gasteiger partial charge in [-0.25, -0.2) is 0 Å². The zero-order chi connectivity index (χ0) is 15.1. The fraction of sp³-hybridized carbons (Fsp3) is 0.800. The maximum Gasteiger partial charge on any atom is 0.489 e. The fourth-order valence-electron chi connectivity index (χ4n) is 3.07. The summed E-state index contributed by atoms with van der Waals surface area (Å²) in [5, 5.41) is 9.19. The molecule has 1 aliphatic heterocycles. The summed E-state index contributed by atoms with van der Waals surface area (Å²) in [5.74, 6) is 0.441. The predicted molar refractivity (Wildman–Crippen MR) is 82.2 cm³/mol. The molecule has 0 amide bonds. The first kappa shape index (κ1) is 15.7. The third kappa shape index (κ3) is 2.56. The standard InChI is InChI=1S/C15H24B2NO2/c1-10-7-11(9-18)8-12(16-6)13(10)17-19-14(2,3)15(4,5)20-17/h10-11H,7-8H2,1-6H3. The predicted octanol–water partition coefficient (Wildman–Crippen LogP) is 3.19. The first-order chi connectivity index (χ1) is 9.21. The number of allylic oxidation sites excluding steroid dienone is 2. The Bertz CT molecular complexity index is 449. The monoisotopic (exact) mass is 272 g/mol. The Balaban J connectivity index is 2.32. The molecule has 2 rings (SSSR count). The van der Waals surface area contributed by atoms with E-state index in [1.54, 1.807) is 0 Å². The van der Waals surface area contributed by atoms with Crippen molar-refractivity contribution in [2.24, 2.45) is 11.8 Å². The summed E-state index contributed by atoms with van der Waals surface area (Å²) in [7, 11) is 1.83. The summed E-state index contributed by atoms with van der Waals surface area (Å²) in [6.07, 6.45) is 1.71.